The topological polar surface area (TPSA) is 12.5 Å². The van der Waals surface area contributed by atoms with Gasteiger partial charge in [0.1, 0.15) is 0 Å². The lowest BCUT2D eigenvalue weighted by Gasteiger charge is -2.43. The van der Waals surface area contributed by atoms with Crippen LogP contribution in [0.15, 0.2) is 0 Å². The minimum atomic E-state index is 0.356. The molecule has 0 unspecified atom stereocenters. The van der Waals surface area contributed by atoms with Crippen molar-refractivity contribution in [1.29, 1.82) is 0 Å². The van der Waals surface area contributed by atoms with Crippen molar-refractivity contribution in [3.63, 3.8) is 0 Å². The average molecular weight is 225 g/mol. The number of rotatable bonds is 4. The Morgan fingerprint density at radius 2 is 2.00 bits per heavy atom. The first-order valence-electron chi connectivity index (χ1n) is 6.84. The molecule has 0 aromatic carbocycles. The molecule has 0 radical (unpaired) electrons. The van der Waals surface area contributed by atoms with Gasteiger partial charge in [0.05, 0.1) is 12.7 Å². The molecule has 16 heavy (non-hydrogen) atoms. The van der Waals surface area contributed by atoms with Gasteiger partial charge in [0, 0.05) is 19.1 Å². The van der Waals surface area contributed by atoms with E-state index in [2.05, 4.69) is 32.6 Å². The summed E-state index contributed by atoms with van der Waals surface area (Å²) in [5, 5.41) is 0. The molecule has 2 rings (SSSR count). The molecule has 1 aliphatic heterocycles. The van der Waals surface area contributed by atoms with Crippen molar-refractivity contribution in [2.75, 3.05) is 19.7 Å². The van der Waals surface area contributed by atoms with Gasteiger partial charge in [-0.2, -0.15) is 0 Å². The van der Waals surface area contributed by atoms with E-state index in [1.807, 2.05) is 0 Å². The first kappa shape index (κ1) is 12.4. The zero-order valence-corrected chi connectivity index (χ0v) is 11.3. The maximum atomic E-state index is 6.01. The molecule has 2 heteroatoms. The minimum Gasteiger partial charge on any atom is -0.375 e. The SMILES string of the molecule is CC(C)N1CCO[C@@H](C(C)(C)CC2CC2)C1. The molecule has 2 aliphatic rings. The molecule has 2 nitrogen and oxygen atoms in total. The van der Waals surface area contributed by atoms with Gasteiger partial charge in [0.2, 0.25) is 0 Å². The molecule has 0 N–H and O–H groups in total. The summed E-state index contributed by atoms with van der Waals surface area (Å²) in [7, 11) is 0. The predicted molar refractivity (Wildman–Crippen MR) is 67.6 cm³/mol. The van der Waals surface area contributed by atoms with Crippen LogP contribution in [0.4, 0.5) is 0 Å². The van der Waals surface area contributed by atoms with Crippen molar-refractivity contribution in [2.45, 2.75) is 59.1 Å². The van der Waals surface area contributed by atoms with E-state index < -0.39 is 0 Å². The Labute approximate surface area is 100 Å². The molecule has 0 amide bonds. The fourth-order valence-electron chi connectivity index (χ4n) is 2.81. The zero-order chi connectivity index (χ0) is 11.8. The zero-order valence-electron chi connectivity index (χ0n) is 11.3. The number of morpholine rings is 1. The molecule has 1 saturated carbocycles. The first-order chi connectivity index (χ1) is 7.49. The second-order valence-electron chi connectivity index (χ2n) is 6.58. The first-order valence-corrected chi connectivity index (χ1v) is 6.84. The van der Waals surface area contributed by atoms with Crippen LogP contribution in [0.25, 0.3) is 0 Å². The van der Waals surface area contributed by atoms with Gasteiger partial charge in [-0.1, -0.05) is 26.7 Å². The molecule has 2 fully saturated rings. The van der Waals surface area contributed by atoms with E-state index in [-0.39, 0.29) is 0 Å². The Kier molecular flexibility index (Phi) is 3.60. The van der Waals surface area contributed by atoms with Gasteiger partial charge in [-0.15, -0.1) is 0 Å². The van der Waals surface area contributed by atoms with Crippen LogP contribution in [-0.4, -0.2) is 36.7 Å². The highest BCUT2D eigenvalue weighted by Gasteiger charge is 2.38. The molecule has 1 saturated heterocycles. The van der Waals surface area contributed by atoms with Crippen LogP contribution in [0.3, 0.4) is 0 Å². The fraction of sp³-hybridized carbons (Fsp3) is 1.00. The standard InChI is InChI=1S/C14H27NO/c1-11(2)15-7-8-16-13(10-15)14(3,4)9-12-5-6-12/h11-13H,5-10H2,1-4H3/t13-/m1/s1. The van der Waals surface area contributed by atoms with Crippen LogP contribution in [0.5, 0.6) is 0 Å². The highest BCUT2D eigenvalue weighted by atomic mass is 16.5. The second kappa shape index (κ2) is 4.66. The van der Waals surface area contributed by atoms with E-state index >= 15 is 0 Å². The molecular formula is C14H27NO. The van der Waals surface area contributed by atoms with Crippen LogP contribution in [0, 0.1) is 11.3 Å². The summed E-state index contributed by atoms with van der Waals surface area (Å²) in [6.07, 6.45) is 4.68. The normalized spacial score (nSPS) is 28.7. The third-order valence-electron chi connectivity index (χ3n) is 4.21. The third kappa shape index (κ3) is 2.98. The number of hydrogen-bond donors (Lipinski definition) is 0. The van der Waals surface area contributed by atoms with Gasteiger partial charge in [0.25, 0.3) is 0 Å². The highest BCUT2D eigenvalue weighted by molar-refractivity contribution is 4.90. The molecule has 0 spiro atoms. The van der Waals surface area contributed by atoms with E-state index in [0.717, 1.165) is 25.6 Å². The second-order valence-corrected chi connectivity index (χ2v) is 6.58. The molecule has 0 aromatic rings. The van der Waals surface area contributed by atoms with Crippen LogP contribution < -0.4 is 0 Å². The minimum absolute atomic E-state index is 0.356. The average Bonchev–Trinajstić information content (AvgIpc) is 3.01. The number of hydrogen-bond acceptors (Lipinski definition) is 2. The summed E-state index contributed by atoms with van der Waals surface area (Å²) < 4.78 is 6.01. The lowest BCUT2D eigenvalue weighted by atomic mass is 9.80. The molecular weight excluding hydrogens is 198 g/mol. The van der Waals surface area contributed by atoms with Crippen molar-refractivity contribution >= 4 is 0 Å². The summed E-state index contributed by atoms with van der Waals surface area (Å²) in [5.74, 6) is 0.994. The fourth-order valence-corrected chi connectivity index (χ4v) is 2.81. The molecule has 94 valence electrons. The van der Waals surface area contributed by atoms with Crippen LogP contribution >= 0.6 is 0 Å². The quantitative estimate of drug-likeness (QED) is 0.729. The Hall–Kier alpha value is -0.0800. The predicted octanol–water partition coefficient (Wildman–Crippen LogP) is 2.92. The summed E-state index contributed by atoms with van der Waals surface area (Å²) in [5.41, 5.74) is 0.356. The van der Waals surface area contributed by atoms with Gasteiger partial charge in [-0.25, -0.2) is 0 Å². The molecule has 1 aliphatic carbocycles. The van der Waals surface area contributed by atoms with Gasteiger partial charge < -0.3 is 4.74 Å². The largest absolute Gasteiger partial charge is 0.375 e. The number of ether oxygens (including phenoxy) is 1. The maximum absolute atomic E-state index is 6.01. The Balaban J connectivity index is 1.91. The van der Waals surface area contributed by atoms with E-state index in [1.165, 1.54) is 19.3 Å². The van der Waals surface area contributed by atoms with Gasteiger partial charge >= 0.3 is 0 Å². The summed E-state index contributed by atoms with van der Waals surface area (Å²) >= 11 is 0. The van der Waals surface area contributed by atoms with E-state index in [9.17, 15) is 0 Å². The maximum Gasteiger partial charge on any atom is 0.0753 e. The molecule has 0 bridgehead atoms. The molecule has 1 atom stereocenters. The van der Waals surface area contributed by atoms with Crippen molar-refractivity contribution in [3.05, 3.63) is 0 Å². The van der Waals surface area contributed by atoms with Crippen molar-refractivity contribution in [2.24, 2.45) is 11.3 Å². The van der Waals surface area contributed by atoms with Crippen molar-refractivity contribution in [3.8, 4) is 0 Å². The van der Waals surface area contributed by atoms with Crippen LogP contribution in [-0.2, 0) is 4.74 Å². The smallest absolute Gasteiger partial charge is 0.0753 e. The van der Waals surface area contributed by atoms with Crippen LogP contribution in [0.2, 0.25) is 0 Å². The van der Waals surface area contributed by atoms with Crippen LogP contribution in [0.1, 0.15) is 47.0 Å². The lowest BCUT2D eigenvalue weighted by molar-refractivity contribution is -0.0956. The van der Waals surface area contributed by atoms with Gasteiger partial charge in [0.15, 0.2) is 0 Å². The van der Waals surface area contributed by atoms with E-state index in [1.54, 1.807) is 0 Å². The van der Waals surface area contributed by atoms with Crippen molar-refractivity contribution < 1.29 is 4.74 Å². The Morgan fingerprint density at radius 1 is 1.31 bits per heavy atom. The van der Waals surface area contributed by atoms with Crippen molar-refractivity contribution in [1.82, 2.24) is 4.90 Å². The Morgan fingerprint density at radius 3 is 2.56 bits per heavy atom. The van der Waals surface area contributed by atoms with E-state index in [4.69, 9.17) is 4.74 Å². The monoisotopic (exact) mass is 225 g/mol. The van der Waals surface area contributed by atoms with Gasteiger partial charge in [-0.3, -0.25) is 4.90 Å². The highest BCUT2D eigenvalue weighted by Crippen LogP contribution is 2.43. The molecule has 0 aromatic heterocycles. The number of nitrogens with zero attached hydrogens (tertiary/aromatic N) is 1. The summed E-state index contributed by atoms with van der Waals surface area (Å²) in [6.45, 7) is 12.5. The summed E-state index contributed by atoms with van der Waals surface area (Å²) in [4.78, 5) is 2.56. The Bertz CT molecular complexity index is 233. The third-order valence-corrected chi connectivity index (χ3v) is 4.21. The lowest BCUT2D eigenvalue weighted by Crippen LogP contribution is -2.51. The van der Waals surface area contributed by atoms with E-state index in [0.29, 0.717) is 17.6 Å². The van der Waals surface area contributed by atoms with Gasteiger partial charge in [-0.05, 0) is 31.6 Å². The molecule has 1 heterocycles. The summed E-state index contributed by atoms with van der Waals surface area (Å²) in [6, 6.07) is 0.656.